The van der Waals surface area contributed by atoms with E-state index >= 15 is 0 Å². The molecule has 4 rings (SSSR count). The van der Waals surface area contributed by atoms with Gasteiger partial charge in [-0.1, -0.05) is 30.3 Å². The average molecular weight is 410 g/mol. The van der Waals surface area contributed by atoms with Crippen LogP contribution in [0.1, 0.15) is 39.7 Å². The Morgan fingerprint density at radius 3 is 2.50 bits per heavy atom. The molecule has 3 aliphatic heterocycles. The SMILES string of the molecule is C[C@@H]1NC(=O)C=C1N1CCC(N2C(=O)C=C(OC(C)(C)C)[C@@H]2Cc2ccccc2)C1. The number of likely N-dealkylation sites (tertiary alicyclic amines) is 1. The van der Waals surface area contributed by atoms with Crippen LogP contribution in [0.4, 0.5) is 0 Å². The Kier molecular flexibility index (Phi) is 5.35. The van der Waals surface area contributed by atoms with E-state index in [0.717, 1.165) is 37.4 Å². The largest absolute Gasteiger partial charge is 0.490 e. The molecule has 0 bridgehead atoms. The predicted octanol–water partition coefficient (Wildman–Crippen LogP) is 2.62. The van der Waals surface area contributed by atoms with Crippen LogP contribution < -0.4 is 5.32 Å². The molecule has 0 radical (unpaired) electrons. The molecule has 3 aliphatic rings. The van der Waals surface area contributed by atoms with E-state index in [9.17, 15) is 9.59 Å². The summed E-state index contributed by atoms with van der Waals surface area (Å²) in [4.78, 5) is 29.1. The molecule has 1 saturated heterocycles. The molecule has 160 valence electrons. The predicted molar refractivity (Wildman–Crippen MR) is 115 cm³/mol. The molecule has 1 aromatic carbocycles. The maximum Gasteiger partial charge on any atom is 0.250 e. The molecule has 3 heterocycles. The molecule has 0 spiro atoms. The van der Waals surface area contributed by atoms with Crippen LogP contribution in [0.3, 0.4) is 0 Å². The van der Waals surface area contributed by atoms with Crippen molar-refractivity contribution in [3.05, 3.63) is 59.5 Å². The van der Waals surface area contributed by atoms with Crippen LogP contribution in [0, 0.1) is 0 Å². The van der Waals surface area contributed by atoms with Gasteiger partial charge in [0.05, 0.1) is 18.1 Å². The first-order valence-electron chi connectivity index (χ1n) is 10.7. The fourth-order valence-electron chi connectivity index (χ4n) is 4.66. The average Bonchev–Trinajstić information content (AvgIpc) is 3.33. The fourth-order valence-corrected chi connectivity index (χ4v) is 4.66. The smallest absolute Gasteiger partial charge is 0.250 e. The lowest BCUT2D eigenvalue weighted by molar-refractivity contribution is -0.128. The van der Waals surface area contributed by atoms with Gasteiger partial charge in [0.1, 0.15) is 11.4 Å². The lowest BCUT2D eigenvalue weighted by Crippen LogP contribution is -2.46. The van der Waals surface area contributed by atoms with E-state index in [1.807, 2.05) is 50.8 Å². The summed E-state index contributed by atoms with van der Waals surface area (Å²) in [6, 6.07) is 10.2. The first-order chi connectivity index (χ1) is 14.2. The highest BCUT2D eigenvalue weighted by Gasteiger charge is 2.43. The summed E-state index contributed by atoms with van der Waals surface area (Å²) in [7, 11) is 0. The third-order valence-corrected chi connectivity index (χ3v) is 5.88. The van der Waals surface area contributed by atoms with Crippen LogP contribution in [-0.4, -0.2) is 58.4 Å². The number of hydrogen-bond acceptors (Lipinski definition) is 4. The summed E-state index contributed by atoms with van der Waals surface area (Å²) in [5.74, 6) is 0.729. The van der Waals surface area contributed by atoms with Crippen molar-refractivity contribution in [2.24, 2.45) is 0 Å². The Labute approximate surface area is 178 Å². The van der Waals surface area contributed by atoms with E-state index in [0.29, 0.717) is 0 Å². The molecular formula is C24H31N3O3. The van der Waals surface area contributed by atoms with E-state index in [1.54, 1.807) is 12.2 Å². The number of rotatable bonds is 5. The molecule has 1 unspecified atom stereocenters. The van der Waals surface area contributed by atoms with Gasteiger partial charge in [0.15, 0.2) is 0 Å². The zero-order valence-corrected chi connectivity index (χ0v) is 18.2. The fraction of sp³-hybridized carbons (Fsp3) is 0.500. The zero-order valence-electron chi connectivity index (χ0n) is 18.2. The second kappa shape index (κ2) is 7.82. The van der Waals surface area contributed by atoms with Crippen molar-refractivity contribution in [3.8, 4) is 0 Å². The molecule has 1 N–H and O–H groups in total. The first kappa shape index (κ1) is 20.5. The first-order valence-corrected chi connectivity index (χ1v) is 10.7. The van der Waals surface area contributed by atoms with E-state index in [1.165, 1.54) is 5.56 Å². The van der Waals surface area contributed by atoms with E-state index < -0.39 is 0 Å². The summed E-state index contributed by atoms with van der Waals surface area (Å²) in [5, 5.41) is 2.93. The Balaban J connectivity index is 1.55. The summed E-state index contributed by atoms with van der Waals surface area (Å²) in [6.45, 7) is 9.60. The minimum Gasteiger partial charge on any atom is -0.490 e. The minimum absolute atomic E-state index is 0.0172. The number of carbonyl (C=O) groups is 2. The van der Waals surface area contributed by atoms with Crippen LogP contribution in [-0.2, 0) is 20.7 Å². The summed E-state index contributed by atoms with van der Waals surface area (Å²) in [6.07, 6.45) is 4.97. The van der Waals surface area contributed by atoms with Crippen molar-refractivity contribution in [1.82, 2.24) is 15.1 Å². The lowest BCUT2D eigenvalue weighted by Gasteiger charge is -2.34. The van der Waals surface area contributed by atoms with Gasteiger partial charge in [-0.05, 0) is 39.7 Å². The summed E-state index contributed by atoms with van der Waals surface area (Å²) < 4.78 is 6.22. The third kappa shape index (κ3) is 4.23. The second-order valence-corrected chi connectivity index (χ2v) is 9.40. The molecule has 6 heteroatoms. The molecule has 1 fully saturated rings. The summed E-state index contributed by atoms with van der Waals surface area (Å²) >= 11 is 0. The van der Waals surface area contributed by atoms with Gasteiger partial charge in [0, 0.05) is 37.4 Å². The number of amides is 2. The van der Waals surface area contributed by atoms with Crippen LogP contribution in [0.25, 0.3) is 0 Å². The number of nitrogens with one attached hydrogen (secondary N) is 1. The molecule has 3 atom stereocenters. The van der Waals surface area contributed by atoms with Gasteiger partial charge >= 0.3 is 0 Å². The van der Waals surface area contributed by atoms with Gasteiger partial charge in [-0.3, -0.25) is 9.59 Å². The van der Waals surface area contributed by atoms with E-state index in [2.05, 4.69) is 22.3 Å². The van der Waals surface area contributed by atoms with E-state index in [4.69, 9.17) is 4.74 Å². The van der Waals surface area contributed by atoms with Crippen molar-refractivity contribution in [3.63, 3.8) is 0 Å². The number of nitrogens with zero attached hydrogens (tertiary/aromatic N) is 2. The number of ether oxygens (including phenoxy) is 1. The van der Waals surface area contributed by atoms with Gasteiger partial charge in [-0.2, -0.15) is 0 Å². The van der Waals surface area contributed by atoms with Crippen molar-refractivity contribution < 1.29 is 14.3 Å². The lowest BCUT2D eigenvalue weighted by atomic mass is 10.0. The van der Waals surface area contributed by atoms with Gasteiger partial charge in [0.2, 0.25) is 5.91 Å². The molecule has 0 aliphatic carbocycles. The normalized spacial score (nSPS) is 26.7. The van der Waals surface area contributed by atoms with Crippen molar-refractivity contribution in [2.75, 3.05) is 13.1 Å². The molecule has 6 nitrogen and oxygen atoms in total. The molecule has 30 heavy (non-hydrogen) atoms. The van der Waals surface area contributed by atoms with Crippen LogP contribution >= 0.6 is 0 Å². The van der Waals surface area contributed by atoms with Crippen molar-refractivity contribution in [1.29, 1.82) is 0 Å². The maximum atomic E-state index is 13.1. The highest BCUT2D eigenvalue weighted by atomic mass is 16.5. The third-order valence-electron chi connectivity index (χ3n) is 5.88. The van der Waals surface area contributed by atoms with Gasteiger partial charge in [0.25, 0.3) is 5.91 Å². The van der Waals surface area contributed by atoms with Crippen molar-refractivity contribution in [2.45, 2.75) is 64.3 Å². The highest BCUT2D eigenvalue weighted by molar-refractivity contribution is 5.92. The van der Waals surface area contributed by atoms with Crippen LogP contribution in [0.15, 0.2) is 53.9 Å². The van der Waals surface area contributed by atoms with E-state index in [-0.39, 0.29) is 35.5 Å². The topological polar surface area (TPSA) is 61.9 Å². The molecule has 2 amide bonds. The van der Waals surface area contributed by atoms with Gasteiger partial charge in [-0.15, -0.1) is 0 Å². The molecule has 0 aromatic heterocycles. The molecular weight excluding hydrogens is 378 g/mol. The standard InChI is InChI=1S/C24H31N3O3/c1-16-19(13-22(28)25-16)26-11-10-18(15-26)27-20(12-17-8-6-5-7-9-17)21(14-23(27)29)30-24(2,3)4/h5-9,13-14,16,18,20H,10-12,15H2,1-4H3,(H,25,28)/t16-,18?,20-/m0/s1. The van der Waals surface area contributed by atoms with Crippen LogP contribution in [0.2, 0.25) is 0 Å². The maximum absolute atomic E-state index is 13.1. The molecule has 1 aromatic rings. The summed E-state index contributed by atoms with van der Waals surface area (Å²) in [5.41, 5.74) is 1.84. The van der Waals surface area contributed by atoms with Gasteiger partial charge < -0.3 is 19.9 Å². The number of carbonyl (C=O) groups excluding carboxylic acids is 2. The highest BCUT2D eigenvalue weighted by Crippen LogP contribution is 2.33. The number of hydrogen-bond donors (Lipinski definition) is 1. The quantitative estimate of drug-likeness (QED) is 0.812. The van der Waals surface area contributed by atoms with Gasteiger partial charge in [-0.25, -0.2) is 0 Å². The van der Waals surface area contributed by atoms with Crippen LogP contribution in [0.5, 0.6) is 0 Å². The Hall–Kier alpha value is -2.76. The minimum atomic E-state index is -0.366. The van der Waals surface area contributed by atoms with Crippen molar-refractivity contribution >= 4 is 11.8 Å². The molecule has 0 saturated carbocycles. The second-order valence-electron chi connectivity index (χ2n) is 9.40. The zero-order chi connectivity index (χ0) is 21.5. The Morgan fingerprint density at radius 1 is 1.13 bits per heavy atom. The Bertz CT molecular complexity index is 885. The Morgan fingerprint density at radius 2 is 1.87 bits per heavy atom. The monoisotopic (exact) mass is 409 g/mol. The number of benzene rings is 1.